The lowest BCUT2D eigenvalue weighted by Gasteiger charge is -2.26. The van der Waals surface area contributed by atoms with Crippen LogP contribution >= 0.6 is 11.3 Å². The van der Waals surface area contributed by atoms with E-state index in [1.54, 1.807) is 23.3 Å². The normalized spacial score (nSPS) is 18.2. The van der Waals surface area contributed by atoms with Crippen LogP contribution in [0.5, 0.6) is 5.75 Å². The van der Waals surface area contributed by atoms with Gasteiger partial charge in [-0.3, -0.25) is 9.59 Å². The van der Waals surface area contributed by atoms with Gasteiger partial charge in [-0.05, 0) is 41.5 Å². The van der Waals surface area contributed by atoms with Gasteiger partial charge in [-0.25, -0.2) is 0 Å². The molecule has 2 heterocycles. The number of nitrogens with zero attached hydrogens (tertiary/aromatic N) is 1. The minimum atomic E-state index is -0.746. The largest absolute Gasteiger partial charge is 0.496 e. The average molecular weight is 435 g/mol. The van der Waals surface area contributed by atoms with Crippen LogP contribution in [-0.4, -0.2) is 36.9 Å². The molecule has 1 aliphatic heterocycles. The van der Waals surface area contributed by atoms with Crippen molar-refractivity contribution in [3.8, 4) is 16.2 Å². The molecule has 3 aromatic rings. The van der Waals surface area contributed by atoms with Crippen molar-refractivity contribution in [1.29, 1.82) is 0 Å². The highest BCUT2D eigenvalue weighted by Crippen LogP contribution is 2.36. The summed E-state index contributed by atoms with van der Waals surface area (Å²) in [4.78, 5) is 28.5. The van der Waals surface area contributed by atoms with Gasteiger partial charge in [-0.2, -0.15) is 0 Å². The highest BCUT2D eigenvalue weighted by molar-refractivity contribution is 7.13. The van der Waals surface area contributed by atoms with E-state index in [0.717, 1.165) is 16.7 Å². The molecule has 1 aliphatic rings. The molecule has 1 aromatic heterocycles. The molecule has 1 saturated heterocycles. The van der Waals surface area contributed by atoms with Gasteiger partial charge in [0.15, 0.2) is 0 Å². The third-order valence-corrected chi connectivity index (χ3v) is 6.96. The van der Waals surface area contributed by atoms with Crippen molar-refractivity contribution in [3.63, 3.8) is 0 Å². The smallest absolute Gasteiger partial charge is 0.227 e. The molecule has 2 amide bonds. The third-order valence-electron chi connectivity index (χ3n) is 6.04. The zero-order valence-electron chi connectivity index (χ0n) is 17.5. The highest BCUT2D eigenvalue weighted by Gasteiger charge is 2.44. The van der Waals surface area contributed by atoms with Crippen molar-refractivity contribution >= 4 is 23.2 Å². The molecule has 2 aromatic carbocycles. The summed E-state index contributed by atoms with van der Waals surface area (Å²) >= 11 is 1.69. The second-order valence-electron chi connectivity index (χ2n) is 8.05. The first kappa shape index (κ1) is 21.1. The number of methoxy groups -OCH3 is 1. The molecule has 31 heavy (non-hydrogen) atoms. The summed E-state index contributed by atoms with van der Waals surface area (Å²) in [5, 5.41) is 2.05. The Morgan fingerprint density at radius 3 is 2.71 bits per heavy atom. The van der Waals surface area contributed by atoms with E-state index in [4.69, 9.17) is 10.5 Å². The van der Waals surface area contributed by atoms with Crippen LogP contribution in [0.4, 0.5) is 0 Å². The Labute approximate surface area is 186 Å². The number of amides is 2. The highest BCUT2D eigenvalue weighted by atomic mass is 32.1. The molecule has 4 rings (SSSR count). The number of para-hydroxylation sites is 1. The minimum absolute atomic E-state index is 0.0139. The number of primary amides is 1. The van der Waals surface area contributed by atoms with Gasteiger partial charge >= 0.3 is 0 Å². The fraction of sp³-hybridized carbons (Fsp3) is 0.280. The van der Waals surface area contributed by atoms with E-state index in [2.05, 4.69) is 23.6 Å². The SMILES string of the molecule is COc1ccccc1CC(=O)N1CC[C@@](Cc2cccc(-c3cccs3)c2)(C(N)=O)C1. The van der Waals surface area contributed by atoms with Crippen LogP contribution in [0.3, 0.4) is 0 Å². The lowest BCUT2D eigenvalue weighted by molar-refractivity contribution is -0.131. The molecule has 0 unspecified atom stereocenters. The number of carbonyl (C=O) groups excluding carboxylic acids is 2. The first-order chi connectivity index (χ1) is 15.0. The molecule has 1 atom stereocenters. The van der Waals surface area contributed by atoms with Crippen LogP contribution in [-0.2, 0) is 22.4 Å². The van der Waals surface area contributed by atoms with Gasteiger partial charge in [0.25, 0.3) is 0 Å². The van der Waals surface area contributed by atoms with Gasteiger partial charge in [-0.1, -0.05) is 48.5 Å². The van der Waals surface area contributed by atoms with E-state index in [1.165, 1.54) is 4.88 Å². The second kappa shape index (κ2) is 8.94. The lowest BCUT2D eigenvalue weighted by atomic mass is 9.80. The standard InChI is InChI=1S/C25H26N2O3S/c1-30-21-9-3-2-7-19(21)15-23(28)27-12-11-25(17-27,24(26)29)16-18-6-4-8-20(14-18)22-10-5-13-31-22/h2-10,13-14H,11-12,15-17H2,1H3,(H2,26,29)/t25-/m0/s1. The number of nitrogens with two attached hydrogens (primary N) is 1. The third kappa shape index (κ3) is 4.49. The molecule has 0 bridgehead atoms. The number of likely N-dealkylation sites (tertiary alicyclic amines) is 1. The van der Waals surface area contributed by atoms with Crippen LogP contribution in [0.25, 0.3) is 10.4 Å². The second-order valence-corrected chi connectivity index (χ2v) is 9.00. The van der Waals surface area contributed by atoms with Crippen LogP contribution in [0, 0.1) is 5.41 Å². The number of thiophene rings is 1. The zero-order chi connectivity index (χ0) is 21.8. The molecular formula is C25H26N2O3S. The van der Waals surface area contributed by atoms with E-state index in [0.29, 0.717) is 31.7 Å². The van der Waals surface area contributed by atoms with Crippen molar-refractivity contribution in [1.82, 2.24) is 4.90 Å². The van der Waals surface area contributed by atoms with E-state index < -0.39 is 5.41 Å². The molecule has 0 spiro atoms. The van der Waals surface area contributed by atoms with Crippen molar-refractivity contribution in [2.75, 3.05) is 20.2 Å². The van der Waals surface area contributed by atoms with Crippen LogP contribution in [0.2, 0.25) is 0 Å². The fourth-order valence-corrected chi connectivity index (χ4v) is 5.03. The van der Waals surface area contributed by atoms with E-state index in [1.807, 2.05) is 42.5 Å². The van der Waals surface area contributed by atoms with Crippen molar-refractivity contribution in [3.05, 3.63) is 77.2 Å². The van der Waals surface area contributed by atoms with Gasteiger partial charge in [-0.15, -0.1) is 11.3 Å². The molecule has 0 saturated carbocycles. The van der Waals surface area contributed by atoms with Crippen LogP contribution < -0.4 is 10.5 Å². The summed E-state index contributed by atoms with van der Waals surface area (Å²) < 4.78 is 5.36. The van der Waals surface area contributed by atoms with Crippen LogP contribution in [0.1, 0.15) is 17.5 Å². The Kier molecular flexibility index (Phi) is 6.09. The molecule has 160 valence electrons. The van der Waals surface area contributed by atoms with Crippen molar-refractivity contribution in [2.45, 2.75) is 19.3 Å². The molecule has 0 radical (unpaired) electrons. The Bertz CT molecular complexity index is 1080. The molecule has 5 nitrogen and oxygen atoms in total. The summed E-state index contributed by atoms with van der Waals surface area (Å²) in [6, 6.07) is 19.9. The Hall–Kier alpha value is -3.12. The number of ether oxygens (including phenoxy) is 1. The Morgan fingerprint density at radius 2 is 1.97 bits per heavy atom. The van der Waals surface area contributed by atoms with Crippen molar-refractivity contribution in [2.24, 2.45) is 11.1 Å². The van der Waals surface area contributed by atoms with Crippen LogP contribution in [0.15, 0.2) is 66.0 Å². The molecule has 2 N–H and O–H groups in total. The number of hydrogen-bond donors (Lipinski definition) is 1. The maximum absolute atomic E-state index is 13.0. The fourth-order valence-electron chi connectivity index (χ4n) is 4.31. The lowest BCUT2D eigenvalue weighted by Crippen LogP contribution is -2.42. The summed E-state index contributed by atoms with van der Waals surface area (Å²) in [6.07, 6.45) is 1.34. The summed E-state index contributed by atoms with van der Waals surface area (Å²) in [6.45, 7) is 0.876. The first-order valence-electron chi connectivity index (χ1n) is 10.3. The minimum Gasteiger partial charge on any atom is -0.496 e. The monoisotopic (exact) mass is 434 g/mol. The predicted molar refractivity (Wildman–Crippen MR) is 123 cm³/mol. The number of benzene rings is 2. The van der Waals surface area contributed by atoms with Gasteiger partial charge in [0.2, 0.25) is 11.8 Å². The van der Waals surface area contributed by atoms with E-state index in [9.17, 15) is 9.59 Å². The number of carbonyl (C=O) groups is 2. The molecule has 1 fully saturated rings. The maximum atomic E-state index is 13.0. The maximum Gasteiger partial charge on any atom is 0.227 e. The van der Waals surface area contributed by atoms with Gasteiger partial charge in [0.05, 0.1) is 18.9 Å². The van der Waals surface area contributed by atoms with Crippen molar-refractivity contribution < 1.29 is 14.3 Å². The summed E-state index contributed by atoms with van der Waals surface area (Å²) in [5.74, 6) is 0.336. The predicted octanol–water partition coefficient (Wildman–Crippen LogP) is 3.91. The molecule has 6 heteroatoms. The number of hydrogen-bond acceptors (Lipinski definition) is 4. The van der Waals surface area contributed by atoms with E-state index in [-0.39, 0.29) is 18.2 Å². The quantitative estimate of drug-likeness (QED) is 0.613. The topological polar surface area (TPSA) is 72.6 Å². The van der Waals surface area contributed by atoms with E-state index >= 15 is 0 Å². The number of rotatable bonds is 7. The summed E-state index contributed by atoms with van der Waals surface area (Å²) in [7, 11) is 1.60. The molecular weight excluding hydrogens is 408 g/mol. The first-order valence-corrected chi connectivity index (χ1v) is 11.2. The van der Waals surface area contributed by atoms with Gasteiger partial charge < -0.3 is 15.4 Å². The Balaban J connectivity index is 1.50. The van der Waals surface area contributed by atoms with Gasteiger partial charge in [0, 0.05) is 23.5 Å². The zero-order valence-corrected chi connectivity index (χ0v) is 18.4. The average Bonchev–Trinajstić information content (AvgIpc) is 3.45. The molecule has 0 aliphatic carbocycles. The van der Waals surface area contributed by atoms with Gasteiger partial charge in [0.1, 0.15) is 5.75 Å². The Morgan fingerprint density at radius 1 is 1.13 bits per heavy atom. The summed E-state index contributed by atoms with van der Waals surface area (Å²) in [5.41, 5.74) is 8.17.